The Morgan fingerprint density at radius 3 is 2.21 bits per heavy atom. The molecular formula is C29H29NO3. The number of aryl methyl sites for hydroxylation is 1. The maximum absolute atomic E-state index is 12.8. The van der Waals surface area contributed by atoms with E-state index in [4.69, 9.17) is 4.74 Å². The first-order chi connectivity index (χ1) is 16.2. The highest BCUT2D eigenvalue weighted by Crippen LogP contribution is 2.44. The molecule has 0 spiro atoms. The normalized spacial score (nSPS) is 19.3. The van der Waals surface area contributed by atoms with Gasteiger partial charge in [0.05, 0.1) is 0 Å². The highest BCUT2D eigenvalue weighted by molar-refractivity contribution is 5.79. The van der Waals surface area contributed by atoms with Crippen LogP contribution in [0.1, 0.15) is 41.9 Å². The Hall–Kier alpha value is -3.40. The van der Waals surface area contributed by atoms with Gasteiger partial charge in [-0.3, -0.25) is 0 Å². The number of carbonyl (C=O) groups excluding carboxylic acids is 2. The number of rotatable bonds is 9. The number of aldehydes is 1. The first-order valence-electron chi connectivity index (χ1n) is 11.8. The van der Waals surface area contributed by atoms with Crippen molar-refractivity contribution in [3.8, 4) is 11.1 Å². The molecule has 1 N–H and O–H groups in total. The van der Waals surface area contributed by atoms with Crippen molar-refractivity contribution in [3.63, 3.8) is 0 Å². The Balaban J connectivity index is 1.22. The van der Waals surface area contributed by atoms with E-state index >= 15 is 0 Å². The van der Waals surface area contributed by atoms with Gasteiger partial charge in [0.15, 0.2) is 0 Å². The smallest absolute Gasteiger partial charge is 0.407 e. The Labute approximate surface area is 195 Å². The molecule has 3 atom stereocenters. The number of nitrogens with one attached hydrogen (secondary N) is 1. The summed E-state index contributed by atoms with van der Waals surface area (Å²) in [4.78, 5) is 23.9. The minimum Gasteiger partial charge on any atom is -0.449 e. The molecule has 0 saturated heterocycles. The molecule has 5 rings (SSSR count). The predicted molar refractivity (Wildman–Crippen MR) is 129 cm³/mol. The maximum Gasteiger partial charge on any atom is 0.407 e. The number of benzene rings is 3. The fourth-order valence-electron chi connectivity index (χ4n) is 5.12. The summed E-state index contributed by atoms with van der Waals surface area (Å²) in [5.74, 6) is 0.569. The molecule has 0 unspecified atom stereocenters. The summed E-state index contributed by atoms with van der Waals surface area (Å²) >= 11 is 0. The highest BCUT2D eigenvalue weighted by Gasteiger charge is 2.38. The molecule has 2 aliphatic carbocycles. The second kappa shape index (κ2) is 9.62. The molecule has 168 valence electrons. The summed E-state index contributed by atoms with van der Waals surface area (Å²) < 4.78 is 5.76. The molecule has 1 saturated carbocycles. The molecule has 1 amide bonds. The van der Waals surface area contributed by atoms with E-state index in [2.05, 4.69) is 41.7 Å². The maximum atomic E-state index is 12.8. The molecule has 0 bridgehead atoms. The van der Waals surface area contributed by atoms with Gasteiger partial charge in [-0.15, -0.1) is 0 Å². The Kier molecular flexibility index (Phi) is 6.25. The van der Waals surface area contributed by atoms with Crippen LogP contribution >= 0.6 is 0 Å². The van der Waals surface area contributed by atoms with E-state index in [1.165, 1.54) is 27.8 Å². The van der Waals surface area contributed by atoms with Gasteiger partial charge in [0.1, 0.15) is 12.9 Å². The van der Waals surface area contributed by atoms with Crippen LogP contribution in [-0.4, -0.2) is 25.0 Å². The van der Waals surface area contributed by atoms with E-state index in [0.29, 0.717) is 12.5 Å². The van der Waals surface area contributed by atoms with E-state index in [0.717, 1.165) is 32.0 Å². The van der Waals surface area contributed by atoms with Crippen molar-refractivity contribution < 1.29 is 14.3 Å². The van der Waals surface area contributed by atoms with Crippen molar-refractivity contribution >= 4 is 12.4 Å². The van der Waals surface area contributed by atoms with Gasteiger partial charge >= 0.3 is 6.09 Å². The Morgan fingerprint density at radius 1 is 0.939 bits per heavy atom. The zero-order valence-electron chi connectivity index (χ0n) is 18.7. The van der Waals surface area contributed by atoms with Crippen molar-refractivity contribution in [2.75, 3.05) is 6.61 Å². The first-order valence-corrected chi connectivity index (χ1v) is 11.8. The summed E-state index contributed by atoms with van der Waals surface area (Å²) in [6.45, 7) is 0.311. The number of carbonyl (C=O) groups is 2. The third-order valence-electron chi connectivity index (χ3n) is 7.03. The molecular weight excluding hydrogens is 410 g/mol. The van der Waals surface area contributed by atoms with Crippen LogP contribution in [0.25, 0.3) is 11.1 Å². The molecule has 4 nitrogen and oxygen atoms in total. The van der Waals surface area contributed by atoms with E-state index < -0.39 is 0 Å². The number of hydrogen-bond donors (Lipinski definition) is 1. The molecule has 0 aliphatic heterocycles. The quantitative estimate of drug-likeness (QED) is 0.432. The zero-order chi connectivity index (χ0) is 22.6. The minimum atomic E-state index is -0.377. The van der Waals surface area contributed by atoms with Crippen molar-refractivity contribution in [1.29, 1.82) is 0 Å². The lowest BCUT2D eigenvalue weighted by molar-refractivity contribution is -0.109. The molecule has 0 radical (unpaired) electrons. The molecule has 2 aliphatic rings. The van der Waals surface area contributed by atoms with Gasteiger partial charge in [-0.05, 0) is 59.4 Å². The van der Waals surface area contributed by atoms with Gasteiger partial charge in [0.2, 0.25) is 0 Å². The Morgan fingerprint density at radius 2 is 1.58 bits per heavy atom. The van der Waals surface area contributed by atoms with Crippen LogP contribution < -0.4 is 5.32 Å². The molecule has 1 fully saturated rings. The van der Waals surface area contributed by atoms with Gasteiger partial charge in [-0.1, -0.05) is 78.9 Å². The minimum absolute atomic E-state index is 0.00388. The lowest BCUT2D eigenvalue weighted by Crippen LogP contribution is -2.36. The lowest BCUT2D eigenvalue weighted by Gasteiger charge is -2.20. The van der Waals surface area contributed by atoms with E-state index in [-0.39, 0.29) is 24.0 Å². The summed E-state index contributed by atoms with van der Waals surface area (Å²) in [7, 11) is 0. The second-order valence-corrected chi connectivity index (χ2v) is 9.22. The van der Waals surface area contributed by atoms with Gasteiger partial charge in [0.25, 0.3) is 0 Å². The molecule has 0 aromatic heterocycles. The Bertz CT molecular complexity index is 1080. The van der Waals surface area contributed by atoms with Crippen molar-refractivity contribution in [2.45, 2.75) is 37.6 Å². The van der Waals surface area contributed by atoms with Gasteiger partial charge in [0, 0.05) is 17.9 Å². The van der Waals surface area contributed by atoms with E-state index in [1.54, 1.807) is 0 Å². The van der Waals surface area contributed by atoms with Crippen LogP contribution in [0.3, 0.4) is 0 Å². The number of fused-ring (bicyclic) bond motifs is 3. The number of hydrogen-bond acceptors (Lipinski definition) is 3. The summed E-state index contributed by atoms with van der Waals surface area (Å²) in [5.41, 5.74) is 6.10. The first kappa shape index (κ1) is 21.4. The van der Waals surface area contributed by atoms with Crippen molar-refractivity contribution in [3.05, 3.63) is 95.6 Å². The van der Waals surface area contributed by atoms with Crippen LogP contribution in [0.15, 0.2) is 78.9 Å². The summed E-state index contributed by atoms with van der Waals surface area (Å²) in [6.07, 6.45) is 4.13. The fourth-order valence-corrected chi connectivity index (χ4v) is 5.12. The monoisotopic (exact) mass is 439 g/mol. The fraction of sp³-hybridized carbons (Fsp3) is 0.310. The summed E-state index contributed by atoms with van der Waals surface area (Å²) in [5, 5.41) is 3.10. The zero-order valence-corrected chi connectivity index (χ0v) is 18.7. The topological polar surface area (TPSA) is 55.4 Å². The lowest BCUT2D eigenvalue weighted by atomic mass is 9.98. The molecule has 3 aromatic carbocycles. The largest absolute Gasteiger partial charge is 0.449 e. The number of amides is 1. The molecule has 0 heterocycles. The molecule has 3 aromatic rings. The van der Waals surface area contributed by atoms with E-state index in [9.17, 15) is 9.59 Å². The molecule has 33 heavy (non-hydrogen) atoms. The van der Waals surface area contributed by atoms with Gasteiger partial charge < -0.3 is 14.8 Å². The highest BCUT2D eigenvalue weighted by atomic mass is 16.5. The molecule has 4 heteroatoms. The standard InChI is InChI=1S/C29H29NO3/c31-18-22-16-21(22)17-23(15-14-20-8-2-1-3-9-20)30-29(32)33-19-28-26-12-6-4-10-24(26)25-11-5-7-13-27(25)28/h1-13,18,21-23,28H,14-17,19H2,(H,30,32)/t21-,22+,23+/m0/s1. The van der Waals surface area contributed by atoms with Gasteiger partial charge in [-0.25, -0.2) is 4.79 Å². The van der Waals surface area contributed by atoms with E-state index in [1.807, 2.05) is 42.5 Å². The average molecular weight is 440 g/mol. The van der Waals surface area contributed by atoms with Crippen LogP contribution in [0.2, 0.25) is 0 Å². The average Bonchev–Trinajstić information content (AvgIpc) is 3.54. The van der Waals surface area contributed by atoms with Gasteiger partial charge in [-0.2, -0.15) is 0 Å². The van der Waals surface area contributed by atoms with Crippen LogP contribution in [0, 0.1) is 11.8 Å². The second-order valence-electron chi connectivity index (χ2n) is 9.22. The van der Waals surface area contributed by atoms with Crippen LogP contribution in [0.4, 0.5) is 4.79 Å². The van der Waals surface area contributed by atoms with Crippen LogP contribution in [0.5, 0.6) is 0 Å². The van der Waals surface area contributed by atoms with Crippen molar-refractivity contribution in [1.82, 2.24) is 5.32 Å². The third kappa shape index (κ3) is 4.85. The number of alkyl carbamates (subject to hydrolysis) is 1. The third-order valence-corrected chi connectivity index (χ3v) is 7.03. The van der Waals surface area contributed by atoms with Crippen LogP contribution in [-0.2, 0) is 16.0 Å². The predicted octanol–water partition coefficient (Wildman–Crippen LogP) is 5.75. The SMILES string of the molecule is O=C[C@H]1C[C@H]1C[C@@H](CCc1ccccc1)NC(=O)OCC1c2ccccc2-c2ccccc21. The number of ether oxygens (including phenoxy) is 1. The summed E-state index contributed by atoms with van der Waals surface area (Å²) in [6, 6.07) is 27.0. The van der Waals surface area contributed by atoms with Crippen molar-refractivity contribution in [2.24, 2.45) is 11.8 Å².